The molecule has 10 heteroatoms. The van der Waals surface area contributed by atoms with Crippen LogP contribution >= 0.6 is 0 Å². The predicted octanol–water partition coefficient (Wildman–Crippen LogP) is 3.86. The van der Waals surface area contributed by atoms with Crippen molar-refractivity contribution in [3.8, 4) is 5.75 Å². The summed E-state index contributed by atoms with van der Waals surface area (Å²) in [6.07, 6.45) is 3.93. The van der Waals surface area contributed by atoms with Gasteiger partial charge in [-0.15, -0.1) is 0 Å². The summed E-state index contributed by atoms with van der Waals surface area (Å²) < 4.78 is 23.6. The first-order valence-electron chi connectivity index (χ1n) is 12.5. The third kappa shape index (κ3) is 5.65. The summed E-state index contributed by atoms with van der Waals surface area (Å²) in [6.45, 7) is 6.78. The van der Waals surface area contributed by atoms with E-state index < -0.39 is 24.6 Å². The third-order valence-electron chi connectivity index (χ3n) is 6.67. The molecule has 36 heavy (non-hydrogen) atoms. The zero-order chi connectivity index (χ0) is 25.7. The maximum absolute atomic E-state index is 13.7. The fourth-order valence-corrected chi connectivity index (χ4v) is 4.94. The number of anilines is 1. The van der Waals surface area contributed by atoms with Crippen LogP contribution in [0.2, 0.25) is 0 Å². The molecule has 0 spiro atoms. The number of carbonyl (C=O) groups is 3. The van der Waals surface area contributed by atoms with Crippen LogP contribution in [-0.4, -0.2) is 72.9 Å². The van der Waals surface area contributed by atoms with Gasteiger partial charge in [-0.05, 0) is 57.1 Å². The number of aryl methyl sites for hydroxylation is 1. The highest BCUT2D eigenvalue weighted by molar-refractivity contribution is 6.05. The van der Waals surface area contributed by atoms with Gasteiger partial charge in [0.1, 0.15) is 12.4 Å². The van der Waals surface area contributed by atoms with Crippen molar-refractivity contribution in [2.45, 2.75) is 70.4 Å². The number of carbonyl (C=O) groups excluding carboxylic acids is 2. The highest BCUT2D eigenvalue weighted by Crippen LogP contribution is 2.40. The zero-order valence-electron chi connectivity index (χ0n) is 20.6. The van der Waals surface area contributed by atoms with Crippen LogP contribution in [0.1, 0.15) is 60.9 Å². The minimum Gasteiger partial charge on any atom is -0.493 e. The van der Waals surface area contributed by atoms with Gasteiger partial charge in [0.15, 0.2) is 12.5 Å². The van der Waals surface area contributed by atoms with Crippen LogP contribution < -0.4 is 9.64 Å². The first-order chi connectivity index (χ1) is 17.4. The highest BCUT2D eigenvalue weighted by Gasteiger charge is 2.47. The summed E-state index contributed by atoms with van der Waals surface area (Å²) in [6, 6.07) is 3.01. The Kier molecular flexibility index (Phi) is 8.48. The molecule has 1 N–H and O–H groups in total. The summed E-state index contributed by atoms with van der Waals surface area (Å²) in [5.74, 6) is -0.613. The van der Waals surface area contributed by atoms with E-state index in [2.05, 4.69) is 6.58 Å². The standard InChI is InChI=1S/C26H34N2O8/c1-3-12-35-26(32)28-20-16-21(33-14-7-9-22(29)30)17(2)15-18(20)24(31)27-11-6-8-19(27)25(28)36-23-10-4-5-13-34-23/h3,15-16,19,23,25H,1,4-14H2,2H3,(H,29,30)/t19-,23?,25?/m0/s1. The molecule has 3 atom stereocenters. The SMILES string of the molecule is C=CCOC(=O)N1c2cc(OCCCC(=O)O)c(C)cc2C(=O)N2CCC[C@H]2C1OC1CCCCO1. The molecule has 4 rings (SSSR count). The normalized spacial score (nSPS) is 23.5. The van der Waals surface area contributed by atoms with Gasteiger partial charge >= 0.3 is 12.1 Å². The van der Waals surface area contributed by atoms with Crippen LogP contribution in [0, 0.1) is 6.92 Å². The number of fused-ring (bicyclic) bond motifs is 2. The van der Waals surface area contributed by atoms with Gasteiger partial charge in [0.25, 0.3) is 5.91 Å². The van der Waals surface area contributed by atoms with Crippen molar-refractivity contribution < 1.29 is 38.4 Å². The van der Waals surface area contributed by atoms with E-state index in [1.54, 1.807) is 17.0 Å². The van der Waals surface area contributed by atoms with Gasteiger partial charge in [0.2, 0.25) is 0 Å². The Hall–Kier alpha value is -3.11. The van der Waals surface area contributed by atoms with Crippen molar-refractivity contribution in [1.29, 1.82) is 0 Å². The Labute approximate surface area is 210 Å². The Balaban J connectivity index is 1.74. The molecule has 0 saturated carbocycles. The van der Waals surface area contributed by atoms with Crippen LogP contribution in [0.3, 0.4) is 0 Å². The molecule has 3 aliphatic rings. The van der Waals surface area contributed by atoms with Crippen LogP contribution in [0.25, 0.3) is 0 Å². The second-order valence-corrected chi connectivity index (χ2v) is 9.25. The first kappa shape index (κ1) is 26.0. The average Bonchev–Trinajstić information content (AvgIpc) is 3.33. The van der Waals surface area contributed by atoms with Crippen molar-refractivity contribution in [1.82, 2.24) is 4.90 Å². The zero-order valence-corrected chi connectivity index (χ0v) is 20.6. The number of nitrogens with zero attached hydrogens (tertiary/aromatic N) is 2. The van der Waals surface area contributed by atoms with Gasteiger partial charge in [-0.25, -0.2) is 9.69 Å². The summed E-state index contributed by atoms with van der Waals surface area (Å²) in [5.41, 5.74) is 1.41. The van der Waals surface area contributed by atoms with E-state index in [1.165, 1.54) is 11.0 Å². The maximum Gasteiger partial charge on any atom is 0.416 e. The molecule has 1 aromatic carbocycles. The van der Waals surface area contributed by atoms with Gasteiger partial charge in [-0.1, -0.05) is 12.7 Å². The van der Waals surface area contributed by atoms with E-state index in [0.29, 0.717) is 55.0 Å². The highest BCUT2D eigenvalue weighted by atomic mass is 16.7. The number of hydrogen-bond acceptors (Lipinski definition) is 7. The first-order valence-corrected chi connectivity index (χ1v) is 12.5. The fraction of sp³-hybridized carbons (Fsp3) is 0.577. The number of benzene rings is 1. The molecule has 0 aromatic heterocycles. The Morgan fingerprint density at radius 2 is 2.08 bits per heavy atom. The molecule has 1 aromatic rings. The van der Waals surface area contributed by atoms with Gasteiger partial charge in [0.05, 0.1) is 23.9 Å². The van der Waals surface area contributed by atoms with E-state index in [1.807, 2.05) is 6.92 Å². The van der Waals surface area contributed by atoms with Gasteiger partial charge < -0.3 is 29.0 Å². The molecule has 0 bridgehead atoms. The van der Waals surface area contributed by atoms with E-state index in [9.17, 15) is 14.4 Å². The number of amides is 2. The lowest BCUT2D eigenvalue weighted by Crippen LogP contribution is -2.54. The molecule has 10 nitrogen and oxygen atoms in total. The van der Waals surface area contributed by atoms with Crippen LogP contribution in [0.15, 0.2) is 24.8 Å². The number of carboxylic acids is 1. The summed E-state index contributed by atoms with van der Waals surface area (Å²) in [5, 5.41) is 8.91. The number of ether oxygens (including phenoxy) is 4. The van der Waals surface area contributed by atoms with Crippen molar-refractivity contribution in [2.24, 2.45) is 0 Å². The van der Waals surface area contributed by atoms with Crippen molar-refractivity contribution >= 4 is 23.7 Å². The average molecular weight is 503 g/mol. The van der Waals surface area contributed by atoms with Crippen LogP contribution in [-0.2, 0) is 19.0 Å². The van der Waals surface area contributed by atoms with Gasteiger partial charge in [-0.3, -0.25) is 9.59 Å². The second kappa shape index (κ2) is 11.7. The molecule has 2 unspecified atom stereocenters. The summed E-state index contributed by atoms with van der Waals surface area (Å²) in [4.78, 5) is 41.2. The number of carboxylic acid groups (broad SMARTS) is 1. The lowest BCUT2D eigenvalue weighted by molar-refractivity contribution is -0.195. The quantitative estimate of drug-likeness (QED) is 0.400. The molecule has 0 radical (unpaired) electrons. The van der Waals surface area contributed by atoms with Crippen molar-refractivity contribution in [3.63, 3.8) is 0 Å². The molecule has 2 amide bonds. The Bertz CT molecular complexity index is 990. The number of rotatable bonds is 9. The molecular weight excluding hydrogens is 468 g/mol. The van der Waals surface area contributed by atoms with Crippen LogP contribution in [0.5, 0.6) is 5.75 Å². The Morgan fingerprint density at radius 3 is 2.81 bits per heavy atom. The predicted molar refractivity (Wildman–Crippen MR) is 130 cm³/mol. The summed E-state index contributed by atoms with van der Waals surface area (Å²) >= 11 is 0. The number of aliphatic carboxylic acids is 1. The smallest absolute Gasteiger partial charge is 0.416 e. The molecule has 2 fully saturated rings. The summed E-state index contributed by atoms with van der Waals surface area (Å²) in [7, 11) is 0. The number of hydrogen-bond donors (Lipinski definition) is 1. The van der Waals surface area contributed by atoms with E-state index >= 15 is 0 Å². The molecule has 3 heterocycles. The minimum atomic E-state index is -0.899. The van der Waals surface area contributed by atoms with E-state index in [4.69, 9.17) is 24.1 Å². The fourth-order valence-electron chi connectivity index (χ4n) is 4.94. The molecule has 196 valence electrons. The largest absolute Gasteiger partial charge is 0.493 e. The molecular formula is C26H34N2O8. The van der Waals surface area contributed by atoms with Gasteiger partial charge in [-0.2, -0.15) is 0 Å². The lowest BCUT2D eigenvalue weighted by atomic mass is 10.1. The molecule has 0 aliphatic carbocycles. The van der Waals surface area contributed by atoms with E-state index in [-0.39, 0.29) is 31.6 Å². The van der Waals surface area contributed by atoms with Gasteiger partial charge in [0, 0.05) is 25.6 Å². The van der Waals surface area contributed by atoms with E-state index in [0.717, 1.165) is 19.3 Å². The second-order valence-electron chi connectivity index (χ2n) is 9.25. The third-order valence-corrected chi connectivity index (χ3v) is 6.67. The lowest BCUT2D eigenvalue weighted by Gasteiger charge is -2.38. The Morgan fingerprint density at radius 1 is 1.25 bits per heavy atom. The molecule has 3 aliphatic heterocycles. The maximum atomic E-state index is 13.7. The topological polar surface area (TPSA) is 115 Å². The van der Waals surface area contributed by atoms with Crippen LogP contribution in [0.4, 0.5) is 10.5 Å². The van der Waals surface area contributed by atoms with Crippen molar-refractivity contribution in [3.05, 3.63) is 35.9 Å². The van der Waals surface area contributed by atoms with Crippen molar-refractivity contribution in [2.75, 3.05) is 31.3 Å². The minimum absolute atomic E-state index is 0.00402. The molecule has 2 saturated heterocycles. The monoisotopic (exact) mass is 502 g/mol.